The van der Waals surface area contributed by atoms with E-state index in [1.54, 1.807) is 27.2 Å². The van der Waals surface area contributed by atoms with Crippen LogP contribution < -0.4 is 0 Å². The summed E-state index contributed by atoms with van der Waals surface area (Å²) >= 11 is 0. The number of fused-ring (bicyclic) bond motifs is 2. The largest absolute Gasteiger partial charge is 0.462 e. The molecule has 0 radical (unpaired) electrons. The van der Waals surface area contributed by atoms with Gasteiger partial charge in [0, 0.05) is 45.8 Å². The van der Waals surface area contributed by atoms with Crippen molar-refractivity contribution in [1.29, 1.82) is 0 Å². The molecule has 3 saturated heterocycles. The first-order chi connectivity index (χ1) is 29.5. The Bertz CT molecular complexity index is 1720. The average molecular weight is 869 g/mol. The molecule has 348 valence electrons. The van der Waals surface area contributed by atoms with E-state index < -0.39 is 59.9 Å². The van der Waals surface area contributed by atoms with Crippen LogP contribution in [-0.4, -0.2) is 127 Å². The normalized spacial score (nSPS) is 49.1. The summed E-state index contributed by atoms with van der Waals surface area (Å²) in [6.07, 6.45) is 13.9. The fourth-order valence-electron chi connectivity index (χ4n) is 11.7. The molecule has 0 aromatic rings. The number of aliphatic hydroxyl groups is 3. The van der Waals surface area contributed by atoms with Crippen LogP contribution in [0.3, 0.4) is 0 Å². The number of methoxy groups -OCH3 is 2. The van der Waals surface area contributed by atoms with Gasteiger partial charge < -0.3 is 53.2 Å². The Kier molecular flexibility index (Phi) is 15.2. The van der Waals surface area contributed by atoms with E-state index >= 15 is 0 Å². The molecule has 2 bridgehead atoms. The van der Waals surface area contributed by atoms with Crippen LogP contribution in [0.1, 0.15) is 107 Å². The molecule has 3 N–H and O–H groups in total. The third-order valence-corrected chi connectivity index (χ3v) is 15.7. The average Bonchev–Trinajstić information content (AvgIpc) is 3.58. The molecule has 4 heterocycles. The van der Waals surface area contributed by atoms with E-state index in [1.807, 2.05) is 19.1 Å². The van der Waals surface area contributed by atoms with Gasteiger partial charge in [0.15, 0.2) is 6.29 Å². The third kappa shape index (κ3) is 9.67. The third-order valence-electron chi connectivity index (χ3n) is 15.7. The van der Waals surface area contributed by atoms with Crippen molar-refractivity contribution in [2.45, 2.75) is 191 Å². The lowest BCUT2D eigenvalue weighted by Crippen LogP contribution is -2.58. The number of aliphatic hydroxyl groups excluding tert-OH is 2. The van der Waals surface area contributed by atoms with Crippen LogP contribution in [0.2, 0.25) is 0 Å². The van der Waals surface area contributed by atoms with Gasteiger partial charge in [-0.05, 0) is 80.4 Å². The Morgan fingerprint density at radius 3 is 2.40 bits per heavy atom. The summed E-state index contributed by atoms with van der Waals surface area (Å²) in [7, 11) is 3.32. The molecule has 4 fully saturated rings. The molecule has 7 rings (SSSR count). The van der Waals surface area contributed by atoms with Crippen molar-refractivity contribution >= 4 is 5.97 Å². The van der Waals surface area contributed by atoms with Crippen LogP contribution in [0.25, 0.3) is 0 Å². The van der Waals surface area contributed by atoms with Gasteiger partial charge >= 0.3 is 5.97 Å². The molecule has 0 aromatic carbocycles. The lowest BCUT2D eigenvalue weighted by Gasteiger charge is -2.48. The Labute approximate surface area is 370 Å². The van der Waals surface area contributed by atoms with Crippen LogP contribution in [0.4, 0.5) is 0 Å². The highest BCUT2D eigenvalue weighted by molar-refractivity contribution is 5.78. The first kappa shape index (κ1) is 47.7. The highest BCUT2D eigenvalue weighted by Crippen LogP contribution is 2.48. The summed E-state index contributed by atoms with van der Waals surface area (Å²) in [5.74, 6) is -0.242. The van der Waals surface area contributed by atoms with Gasteiger partial charge in [-0.15, -0.1) is 0 Å². The standard InChI is InChI=1S/C50H76O12/c1-11-27(2)38-25-49(18-17-28(38)3)24-37-21-35(62-49)16-15-30(5)45(29(4)13-12-14-34-26-57-47-43(51)31(6)20-39(48(53)60-37)50(34,47)54)59-36-19-32(7)46(41(22-36)56-10)61-42-23-40(55-9)44(52)33(8)58-42/h12-15,17-18,20,27-29,32-33,35-47,51-52,54H,11,16,19,21-26H2,1-10H3/b13-12+,30-15+,34-14+/t27-,28-,29-,32+,33-,35+,36+,37-,38+,39-,40-,41-,42-,43+,44-,45-,46-,47+,49-,50+/m0/s1. The molecule has 4 aliphatic heterocycles. The first-order valence-electron chi connectivity index (χ1n) is 23.5. The van der Waals surface area contributed by atoms with Gasteiger partial charge in [-0.2, -0.15) is 0 Å². The summed E-state index contributed by atoms with van der Waals surface area (Å²) in [5.41, 5.74) is -0.206. The molecular formula is C50H76O12. The van der Waals surface area contributed by atoms with Gasteiger partial charge in [0.25, 0.3) is 0 Å². The molecule has 0 unspecified atom stereocenters. The van der Waals surface area contributed by atoms with Crippen LogP contribution in [0, 0.1) is 35.5 Å². The monoisotopic (exact) mass is 869 g/mol. The molecule has 1 spiro atoms. The van der Waals surface area contributed by atoms with Gasteiger partial charge in [0.2, 0.25) is 0 Å². The molecule has 12 nitrogen and oxygen atoms in total. The zero-order chi connectivity index (χ0) is 44.7. The molecule has 7 aliphatic rings. The Morgan fingerprint density at radius 1 is 0.919 bits per heavy atom. The van der Waals surface area contributed by atoms with E-state index in [4.69, 9.17) is 37.9 Å². The number of carbonyl (C=O) groups is 1. The van der Waals surface area contributed by atoms with Crippen molar-refractivity contribution in [2.75, 3.05) is 20.8 Å². The van der Waals surface area contributed by atoms with E-state index in [1.165, 1.54) is 0 Å². The number of hydrogen-bond donors (Lipinski definition) is 3. The molecule has 0 aromatic heterocycles. The number of esters is 1. The van der Waals surface area contributed by atoms with Crippen LogP contribution >= 0.6 is 0 Å². The van der Waals surface area contributed by atoms with E-state index in [0.29, 0.717) is 61.0 Å². The molecule has 20 atom stereocenters. The van der Waals surface area contributed by atoms with Gasteiger partial charge in [-0.3, -0.25) is 4.79 Å². The predicted octanol–water partition coefficient (Wildman–Crippen LogP) is 6.70. The quantitative estimate of drug-likeness (QED) is 0.176. The maximum atomic E-state index is 14.4. The number of hydrogen-bond acceptors (Lipinski definition) is 12. The minimum Gasteiger partial charge on any atom is -0.462 e. The molecule has 3 aliphatic carbocycles. The smallest absolute Gasteiger partial charge is 0.316 e. The van der Waals surface area contributed by atoms with Crippen LogP contribution in [0.5, 0.6) is 0 Å². The number of rotatable bonds is 8. The fourth-order valence-corrected chi connectivity index (χ4v) is 11.7. The molecule has 62 heavy (non-hydrogen) atoms. The summed E-state index contributed by atoms with van der Waals surface area (Å²) in [5, 5.41) is 34.3. The lowest BCUT2D eigenvalue weighted by atomic mass is 9.68. The maximum absolute atomic E-state index is 14.4. The topological polar surface area (TPSA) is 152 Å². The Balaban J connectivity index is 1.18. The second kappa shape index (κ2) is 19.7. The zero-order valence-corrected chi connectivity index (χ0v) is 38.8. The minimum atomic E-state index is -1.78. The number of carbonyl (C=O) groups excluding carboxylic acids is 1. The van der Waals surface area contributed by atoms with Crippen LogP contribution in [-0.2, 0) is 42.7 Å². The van der Waals surface area contributed by atoms with Crippen molar-refractivity contribution in [2.24, 2.45) is 35.5 Å². The second-order valence-electron chi connectivity index (χ2n) is 20.1. The van der Waals surface area contributed by atoms with Crippen molar-refractivity contribution < 1.29 is 58.0 Å². The van der Waals surface area contributed by atoms with Crippen molar-refractivity contribution in [3.63, 3.8) is 0 Å². The maximum Gasteiger partial charge on any atom is 0.316 e. The Morgan fingerprint density at radius 2 is 1.68 bits per heavy atom. The van der Waals surface area contributed by atoms with Crippen molar-refractivity contribution in [3.05, 3.63) is 59.3 Å². The van der Waals surface area contributed by atoms with Gasteiger partial charge in [0.05, 0.1) is 54.9 Å². The van der Waals surface area contributed by atoms with Gasteiger partial charge in [0.1, 0.15) is 35.9 Å². The first-order valence-corrected chi connectivity index (χ1v) is 23.5. The second-order valence-corrected chi connectivity index (χ2v) is 20.1. The van der Waals surface area contributed by atoms with E-state index in [-0.39, 0.29) is 55.1 Å². The SMILES string of the molecule is CC[C@H](C)[C@H]1C[C@]2(C=C[C@@H]1C)C[C@@H]1C[C@@H](C/C=C(\C)[C@@H](O[C@@H]3C[C@@H](C)[C@H](O[C@H]4C[C@H](OC)[C@@H](O)[C@H](C)O4)[C@@H](OC)C3)[C@@H](C)/C=C/C=C3\CO[C@@H]4[C@H](O)C(C)=C[C@@H](C(=O)O1)[C@]34O)O2. The summed E-state index contributed by atoms with van der Waals surface area (Å²) < 4.78 is 51.2. The molecule has 1 saturated carbocycles. The summed E-state index contributed by atoms with van der Waals surface area (Å²) in [6.45, 7) is 16.9. The lowest BCUT2D eigenvalue weighted by molar-refractivity contribution is -0.285. The number of allylic oxidation sites excluding steroid dienone is 3. The van der Waals surface area contributed by atoms with Crippen molar-refractivity contribution in [1.82, 2.24) is 0 Å². The molecular weight excluding hydrogens is 793 g/mol. The van der Waals surface area contributed by atoms with E-state index in [2.05, 4.69) is 65.8 Å². The fraction of sp³-hybridized carbons (Fsp3) is 0.780. The van der Waals surface area contributed by atoms with E-state index in [9.17, 15) is 20.1 Å². The number of ether oxygens (including phenoxy) is 8. The van der Waals surface area contributed by atoms with Crippen molar-refractivity contribution in [3.8, 4) is 0 Å². The predicted molar refractivity (Wildman–Crippen MR) is 234 cm³/mol. The highest BCUT2D eigenvalue weighted by Gasteiger charge is 2.60. The summed E-state index contributed by atoms with van der Waals surface area (Å²) in [4.78, 5) is 14.4. The van der Waals surface area contributed by atoms with E-state index in [0.717, 1.165) is 24.8 Å². The molecule has 12 heteroatoms. The minimum absolute atomic E-state index is 0.0717. The van der Waals surface area contributed by atoms with Crippen LogP contribution in [0.15, 0.2) is 59.3 Å². The summed E-state index contributed by atoms with van der Waals surface area (Å²) in [6, 6.07) is 0. The van der Waals surface area contributed by atoms with Gasteiger partial charge in [-0.1, -0.05) is 83.6 Å². The van der Waals surface area contributed by atoms with Gasteiger partial charge in [-0.25, -0.2) is 0 Å². The Hall–Kier alpha value is -2.23. The zero-order valence-electron chi connectivity index (χ0n) is 38.8. The molecule has 0 amide bonds. The highest BCUT2D eigenvalue weighted by atomic mass is 16.7.